The summed E-state index contributed by atoms with van der Waals surface area (Å²) in [5.74, 6) is 0.599. The lowest BCUT2D eigenvalue weighted by molar-refractivity contribution is 0.102. The highest BCUT2D eigenvalue weighted by Gasteiger charge is 2.12. The number of carbonyl (C=O) groups is 1. The van der Waals surface area contributed by atoms with E-state index in [2.05, 4.69) is 32.6 Å². The highest BCUT2D eigenvalue weighted by atomic mass is 32.2. The Morgan fingerprint density at radius 2 is 2.00 bits per heavy atom. The molecule has 4 aromatic rings. The number of amides is 1. The molecular weight excluding hydrogens is 422 g/mol. The third kappa shape index (κ3) is 4.87. The van der Waals surface area contributed by atoms with Crippen LogP contribution in [0, 0.1) is 0 Å². The topological polar surface area (TPSA) is 72.7 Å². The lowest BCUT2D eigenvalue weighted by Gasteiger charge is -2.08. The fourth-order valence-electron chi connectivity index (χ4n) is 2.64. The second kappa shape index (κ2) is 9.25. The van der Waals surface area contributed by atoms with E-state index in [0.29, 0.717) is 10.7 Å². The van der Waals surface area contributed by atoms with Crippen molar-refractivity contribution in [1.82, 2.24) is 19.7 Å². The molecule has 0 spiro atoms. The maximum Gasteiger partial charge on any atom is 0.257 e. The molecule has 0 aliphatic rings. The van der Waals surface area contributed by atoms with Gasteiger partial charge in [-0.05, 0) is 30.0 Å². The number of hydrogen-bond acceptors (Lipinski definition) is 7. The molecule has 6 nitrogen and oxygen atoms in total. The summed E-state index contributed by atoms with van der Waals surface area (Å²) in [5.41, 5.74) is 2.66. The summed E-state index contributed by atoms with van der Waals surface area (Å²) in [7, 11) is 0. The Kier molecular flexibility index (Phi) is 6.28. The molecule has 1 amide bonds. The van der Waals surface area contributed by atoms with E-state index >= 15 is 0 Å². The molecule has 0 aliphatic carbocycles. The van der Waals surface area contributed by atoms with Crippen LogP contribution < -0.4 is 5.32 Å². The third-order valence-electron chi connectivity index (χ3n) is 4.01. The van der Waals surface area contributed by atoms with Crippen molar-refractivity contribution in [1.29, 1.82) is 0 Å². The first-order valence-corrected chi connectivity index (χ1v) is 11.7. The number of hydrogen-bond donors (Lipinski definition) is 1. The van der Waals surface area contributed by atoms with E-state index in [1.54, 1.807) is 35.8 Å². The molecule has 0 atom stereocenters. The molecule has 29 heavy (non-hydrogen) atoms. The van der Waals surface area contributed by atoms with Crippen LogP contribution in [0.15, 0.2) is 76.5 Å². The lowest BCUT2D eigenvalue weighted by atomic mass is 10.2. The predicted molar refractivity (Wildman–Crippen MR) is 119 cm³/mol. The number of nitrogens with one attached hydrogen (secondary N) is 1. The van der Waals surface area contributed by atoms with Gasteiger partial charge in [-0.1, -0.05) is 71.3 Å². The van der Waals surface area contributed by atoms with Crippen molar-refractivity contribution >= 4 is 45.9 Å². The maximum atomic E-state index is 12.7. The first kappa shape index (κ1) is 19.7. The van der Waals surface area contributed by atoms with E-state index in [9.17, 15) is 4.79 Å². The van der Waals surface area contributed by atoms with Gasteiger partial charge in [-0.15, -0.1) is 10.2 Å². The van der Waals surface area contributed by atoms with Gasteiger partial charge in [0, 0.05) is 29.4 Å². The van der Waals surface area contributed by atoms with Crippen LogP contribution in [-0.4, -0.2) is 31.9 Å². The molecule has 0 bridgehead atoms. The van der Waals surface area contributed by atoms with Crippen LogP contribution in [-0.2, 0) is 5.75 Å². The Hall–Kier alpha value is -2.62. The highest BCUT2D eigenvalue weighted by molar-refractivity contribution is 8.00. The molecule has 0 aliphatic heterocycles. The van der Waals surface area contributed by atoms with Crippen LogP contribution in [0.1, 0.15) is 15.9 Å². The van der Waals surface area contributed by atoms with Gasteiger partial charge in [-0.25, -0.2) is 4.98 Å². The van der Waals surface area contributed by atoms with E-state index in [1.165, 1.54) is 16.9 Å². The monoisotopic (exact) mass is 439 g/mol. The Morgan fingerprint density at radius 3 is 2.83 bits per heavy atom. The van der Waals surface area contributed by atoms with Crippen molar-refractivity contribution in [3.63, 3.8) is 0 Å². The number of thioether (sulfide) groups is 2. The normalized spacial score (nSPS) is 10.8. The van der Waals surface area contributed by atoms with E-state index in [4.69, 9.17) is 0 Å². The van der Waals surface area contributed by atoms with Crippen molar-refractivity contribution in [2.75, 3.05) is 11.6 Å². The summed E-state index contributed by atoms with van der Waals surface area (Å²) in [6, 6.07) is 17.6. The molecule has 0 unspecified atom stereocenters. The maximum absolute atomic E-state index is 12.7. The molecule has 1 N–H and O–H groups in total. The lowest BCUT2D eigenvalue weighted by Crippen LogP contribution is -2.12. The van der Waals surface area contributed by atoms with E-state index in [0.717, 1.165) is 20.9 Å². The molecule has 9 heteroatoms. The minimum absolute atomic E-state index is 0.214. The van der Waals surface area contributed by atoms with Gasteiger partial charge in [-0.2, -0.15) is 0 Å². The minimum atomic E-state index is -0.214. The number of imidazole rings is 1. The molecule has 0 saturated heterocycles. The van der Waals surface area contributed by atoms with Gasteiger partial charge in [0.05, 0.1) is 0 Å². The zero-order valence-corrected chi connectivity index (χ0v) is 17.9. The standard InChI is InChI=1S/C20H17N5OS3/c1-27-19-21-10-11-25(19)16-9-5-8-15(12-16)17(26)22-18-23-24-20(29-18)28-13-14-6-3-2-4-7-14/h2-12H,13H2,1H3,(H,22,23,26). The molecule has 2 aromatic carbocycles. The summed E-state index contributed by atoms with van der Waals surface area (Å²) >= 11 is 4.53. The van der Waals surface area contributed by atoms with E-state index in [-0.39, 0.29) is 5.91 Å². The summed E-state index contributed by atoms with van der Waals surface area (Å²) in [6.07, 6.45) is 5.59. The summed E-state index contributed by atoms with van der Waals surface area (Å²) in [4.78, 5) is 17.0. The van der Waals surface area contributed by atoms with Crippen LogP contribution in [0.5, 0.6) is 0 Å². The van der Waals surface area contributed by atoms with Gasteiger partial charge in [0.1, 0.15) is 0 Å². The zero-order valence-electron chi connectivity index (χ0n) is 15.5. The molecule has 2 aromatic heterocycles. The van der Waals surface area contributed by atoms with Crippen LogP contribution in [0.4, 0.5) is 5.13 Å². The Labute approximate surface area is 180 Å². The molecule has 2 heterocycles. The van der Waals surface area contributed by atoms with Gasteiger partial charge in [0.15, 0.2) is 9.50 Å². The Morgan fingerprint density at radius 1 is 1.14 bits per heavy atom. The number of anilines is 1. The summed E-state index contributed by atoms with van der Waals surface area (Å²) in [6.45, 7) is 0. The average Bonchev–Trinajstić information content (AvgIpc) is 3.42. The number of carbonyl (C=O) groups excluding carboxylic acids is 1. The molecule has 146 valence electrons. The van der Waals surface area contributed by atoms with E-state index < -0.39 is 0 Å². The molecular formula is C20H17N5OS3. The van der Waals surface area contributed by atoms with Gasteiger partial charge in [0.2, 0.25) is 5.13 Å². The summed E-state index contributed by atoms with van der Waals surface area (Å²) < 4.78 is 2.77. The SMILES string of the molecule is CSc1nccn1-c1cccc(C(=O)Nc2nnc(SCc3ccccc3)s2)c1. The largest absolute Gasteiger partial charge is 0.296 e. The smallest absolute Gasteiger partial charge is 0.257 e. The average molecular weight is 440 g/mol. The van der Waals surface area contributed by atoms with Crippen LogP contribution >= 0.6 is 34.9 Å². The quantitative estimate of drug-likeness (QED) is 0.323. The number of rotatable bonds is 7. The second-order valence-electron chi connectivity index (χ2n) is 5.94. The predicted octanol–water partition coefficient (Wildman–Crippen LogP) is 4.99. The molecule has 0 fully saturated rings. The number of benzene rings is 2. The van der Waals surface area contributed by atoms with Crippen LogP contribution in [0.2, 0.25) is 0 Å². The third-order valence-corrected chi connectivity index (χ3v) is 6.72. The minimum Gasteiger partial charge on any atom is -0.296 e. The van der Waals surface area contributed by atoms with Gasteiger partial charge in [-0.3, -0.25) is 14.7 Å². The molecule has 0 radical (unpaired) electrons. The first-order chi connectivity index (χ1) is 14.2. The van der Waals surface area contributed by atoms with Crippen LogP contribution in [0.3, 0.4) is 0 Å². The zero-order chi connectivity index (χ0) is 20.1. The van der Waals surface area contributed by atoms with Crippen molar-refractivity contribution in [2.24, 2.45) is 0 Å². The number of aromatic nitrogens is 4. The first-order valence-electron chi connectivity index (χ1n) is 8.72. The van der Waals surface area contributed by atoms with Crippen molar-refractivity contribution in [2.45, 2.75) is 15.2 Å². The van der Waals surface area contributed by atoms with Gasteiger partial charge in [0.25, 0.3) is 5.91 Å². The molecule has 4 rings (SSSR count). The molecule has 0 saturated carbocycles. The summed E-state index contributed by atoms with van der Waals surface area (Å²) in [5, 5.41) is 12.4. The van der Waals surface area contributed by atoms with Gasteiger partial charge >= 0.3 is 0 Å². The highest BCUT2D eigenvalue weighted by Crippen LogP contribution is 2.28. The van der Waals surface area contributed by atoms with Gasteiger partial charge < -0.3 is 0 Å². The van der Waals surface area contributed by atoms with Crippen molar-refractivity contribution in [3.8, 4) is 5.69 Å². The Bertz CT molecular complexity index is 1110. The van der Waals surface area contributed by atoms with E-state index in [1.807, 2.05) is 53.4 Å². The van der Waals surface area contributed by atoms with Crippen LogP contribution in [0.25, 0.3) is 5.69 Å². The number of nitrogens with zero attached hydrogens (tertiary/aromatic N) is 4. The van der Waals surface area contributed by atoms with Crippen molar-refractivity contribution in [3.05, 3.63) is 78.1 Å². The fourth-order valence-corrected chi connectivity index (χ4v) is 4.87. The van der Waals surface area contributed by atoms with Crippen molar-refractivity contribution < 1.29 is 4.79 Å². The fraction of sp³-hybridized carbons (Fsp3) is 0.100. The second-order valence-corrected chi connectivity index (χ2v) is 8.91. The Balaban J connectivity index is 1.42.